The second-order valence-corrected chi connectivity index (χ2v) is 6.89. The number of benzene rings is 2. The molecule has 0 saturated carbocycles. The first-order valence-electron chi connectivity index (χ1n) is 8.23. The van der Waals surface area contributed by atoms with Gasteiger partial charge in [0, 0.05) is 12.6 Å². The van der Waals surface area contributed by atoms with E-state index < -0.39 is 0 Å². The summed E-state index contributed by atoms with van der Waals surface area (Å²) in [5.74, 6) is 1.79. The highest BCUT2D eigenvalue weighted by atomic mass is 79.9. The maximum Gasteiger partial charge on any atom is 0.253 e. The summed E-state index contributed by atoms with van der Waals surface area (Å²) in [6.45, 7) is 4.94. The molecule has 0 unspecified atom stereocenters. The molecule has 0 bridgehead atoms. The van der Waals surface area contributed by atoms with E-state index in [1.807, 2.05) is 26.0 Å². The standard InChI is InChI=1S/C20H24BrNO4/c1-13-8-14(2)10-16(9-13)26-7-6-22(3)20(23)15-11-17(24-4)19(21)18(12-15)25-5/h8-12H,6-7H2,1-5H3. The Morgan fingerprint density at radius 3 is 2.04 bits per heavy atom. The summed E-state index contributed by atoms with van der Waals surface area (Å²) in [6.07, 6.45) is 0. The minimum absolute atomic E-state index is 0.127. The van der Waals surface area contributed by atoms with Crippen LogP contribution < -0.4 is 14.2 Å². The van der Waals surface area contributed by atoms with Gasteiger partial charge in [-0.05, 0) is 65.2 Å². The molecule has 0 aliphatic rings. The zero-order valence-corrected chi connectivity index (χ0v) is 17.3. The van der Waals surface area contributed by atoms with Gasteiger partial charge in [0.25, 0.3) is 5.91 Å². The normalized spacial score (nSPS) is 10.4. The maximum atomic E-state index is 12.7. The SMILES string of the molecule is COc1cc(C(=O)N(C)CCOc2cc(C)cc(C)c2)cc(OC)c1Br. The number of aryl methyl sites for hydroxylation is 2. The summed E-state index contributed by atoms with van der Waals surface area (Å²) >= 11 is 3.41. The van der Waals surface area contributed by atoms with E-state index in [0.29, 0.717) is 34.7 Å². The molecular weight excluding hydrogens is 398 g/mol. The van der Waals surface area contributed by atoms with Crippen LogP contribution in [0.15, 0.2) is 34.8 Å². The van der Waals surface area contributed by atoms with Crippen LogP contribution in [0, 0.1) is 13.8 Å². The van der Waals surface area contributed by atoms with E-state index in [1.54, 1.807) is 38.3 Å². The molecular formula is C20H24BrNO4. The molecule has 0 atom stereocenters. The first-order valence-corrected chi connectivity index (χ1v) is 9.03. The summed E-state index contributed by atoms with van der Waals surface area (Å²) < 4.78 is 17.1. The molecule has 5 nitrogen and oxygen atoms in total. The van der Waals surface area contributed by atoms with Gasteiger partial charge in [-0.3, -0.25) is 4.79 Å². The first-order chi connectivity index (χ1) is 12.3. The van der Waals surface area contributed by atoms with Crippen molar-refractivity contribution in [2.45, 2.75) is 13.8 Å². The number of likely N-dealkylation sites (N-methyl/N-ethyl adjacent to an activating group) is 1. The molecule has 1 amide bonds. The average molecular weight is 422 g/mol. The van der Waals surface area contributed by atoms with Crippen LogP contribution in [0.2, 0.25) is 0 Å². The summed E-state index contributed by atoms with van der Waals surface area (Å²) in [6, 6.07) is 9.45. The minimum Gasteiger partial charge on any atom is -0.495 e. The number of amides is 1. The van der Waals surface area contributed by atoms with Crippen LogP contribution in [0.3, 0.4) is 0 Å². The van der Waals surface area contributed by atoms with E-state index in [4.69, 9.17) is 14.2 Å². The summed E-state index contributed by atoms with van der Waals surface area (Å²) in [5.41, 5.74) is 2.80. The van der Waals surface area contributed by atoms with E-state index >= 15 is 0 Å². The van der Waals surface area contributed by atoms with Crippen molar-refractivity contribution in [3.63, 3.8) is 0 Å². The summed E-state index contributed by atoms with van der Waals surface area (Å²) in [4.78, 5) is 14.3. The molecule has 0 fully saturated rings. The van der Waals surface area contributed by atoms with E-state index in [1.165, 1.54) is 0 Å². The molecule has 0 spiro atoms. The lowest BCUT2D eigenvalue weighted by Crippen LogP contribution is -2.31. The van der Waals surface area contributed by atoms with E-state index in [2.05, 4.69) is 22.0 Å². The highest BCUT2D eigenvalue weighted by Gasteiger charge is 2.17. The number of nitrogens with zero attached hydrogens (tertiary/aromatic N) is 1. The first kappa shape index (κ1) is 20.1. The van der Waals surface area contributed by atoms with Crippen LogP contribution in [0.4, 0.5) is 0 Å². The fraction of sp³-hybridized carbons (Fsp3) is 0.350. The van der Waals surface area contributed by atoms with Crippen molar-refractivity contribution >= 4 is 21.8 Å². The van der Waals surface area contributed by atoms with Gasteiger partial charge < -0.3 is 19.1 Å². The van der Waals surface area contributed by atoms with Crippen molar-refractivity contribution in [2.24, 2.45) is 0 Å². The Labute approximate surface area is 163 Å². The van der Waals surface area contributed by atoms with Gasteiger partial charge in [-0.15, -0.1) is 0 Å². The van der Waals surface area contributed by atoms with Crippen LogP contribution >= 0.6 is 15.9 Å². The Balaban J connectivity index is 2.03. The van der Waals surface area contributed by atoms with E-state index in [0.717, 1.165) is 16.9 Å². The molecule has 140 valence electrons. The largest absolute Gasteiger partial charge is 0.495 e. The molecule has 0 aliphatic carbocycles. The number of hydrogen-bond acceptors (Lipinski definition) is 4. The number of ether oxygens (including phenoxy) is 3. The van der Waals surface area contributed by atoms with Gasteiger partial charge in [0.1, 0.15) is 28.3 Å². The molecule has 0 aliphatic heterocycles. The van der Waals surface area contributed by atoms with Gasteiger partial charge in [0.2, 0.25) is 0 Å². The zero-order chi connectivity index (χ0) is 19.3. The van der Waals surface area contributed by atoms with Crippen molar-refractivity contribution < 1.29 is 19.0 Å². The lowest BCUT2D eigenvalue weighted by Gasteiger charge is -2.19. The molecule has 0 N–H and O–H groups in total. The third-order valence-corrected chi connectivity index (χ3v) is 4.71. The second kappa shape index (κ2) is 8.94. The highest BCUT2D eigenvalue weighted by molar-refractivity contribution is 9.10. The Kier molecular flexibility index (Phi) is 6.91. The molecule has 0 saturated heterocycles. The van der Waals surface area contributed by atoms with E-state index in [-0.39, 0.29) is 5.91 Å². The van der Waals surface area contributed by atoms with Crippen LogP contribution in [0.25, 0.3) is 0 Å². The van der Waals surface area contributed by atoms with Crippen LogP contribution in [-0.2, 0) is 0 Å². The van der Waals surface area contributed by atoms with Gasteiger partial charge in [-0.2, -0.15) is 0 Å². The molecule has 0 aromatic heterocycles. The van der Waals surface area contributed by atoms with Crippen LogP contribution in [-0.4, -0.2) is 45.2 Å². The second-order valence-electron chi connectivity index (χ2n) is 6.09. The predicted octanol–water partition coefficient (Wildman–Crippen LogP) is 4.23. The maximum absolute atomic E-state index is 12.7. The van der Waals surface area contributed by atoms with E-state index in [9.17, 15) is 4.79 Å². The number of halogens is 1. The summed E-state index contributed by atoms with van der Waals surface area (Å²) in [5, 5.41) is 0. The van der Waals surface area contributed by atoms with Crippen molar-refractivity contribution in [2.75, 3.05) is 34.4 Å². The number of methoxy groups -OCH3 is 2. The minimum atomic E-state index is -0.127. The third-order valence-electron chi connectivity index (χ3n) is 3.93. The Hall–Kier alpha value is -2.21. The van der Waals surface area contributed by atoms with Crippen LogP contribution in [0.5, 0.6) is 17.2 Å². The lowest BCUT2D eigenvalue weighted by molar-refractivity contribution is 0.0773. The Morgan fingerprint density at radius 2 is 1.54 bits per heavy atom. The number of hydrogen-bond donors (Lipinski definition) is 0. The van der Waals surface area contributed by atoms with Gasteiger partial charge in [0.15, 0.2) is 0 Å². The van der Waals surface area contributed by atoms with Crippen LogP contribution in [0.1, 0.15) is 21.5 Å². The monoisotopic (exact) mass is 421 g/mol. The molecule has 0 radical (unpaired) electrons. The number of rotatable bonds is 7. The summed E-state index contributed by atoms with van der Waals surface area (Å²) in [7, 11) is 4.85. The van der Waals surface area contributed by atoms with Gasteiger partial charge >= 0.3 is 0 Å². The number of carbonyl (C=O) groups excluding carboxylic acids is 1. The predicted molar refractivity (Wildman–Crippen MR) is 106 cm³/mol. The Morgan fingerprint density at radius 1 is 1.00 bits per heavy atom. The number of carbonyl (C=O) groups is 1. The van der Waals surface area contributed by atoms with Crippen molar-refractivity contribution in [3.8, 4) is 17.2 Å². The van der Waals surface area contributed by atoms with Gasteiger partial charge in [-0.25, -0.2) is 0 Å². The Bertz CT molecular complexity index is 746. The van der Waals surface area contributed by atoms with Gasteiger partial charge in [-0.1, -0.05) is 6.07 Å². The molecule has 6 heteroatoms. The molecule has 26 heavy (non-hydrogen) atoms. The molecule has 2 rings (SSSR count). The zero-order valence-electron chi connectivity index (χ0n) is 15.8. The topological polar surface area (TPSA) is 48.0 Å². The molecule has 0 heterocycles. The third kappa shape index (κ3) is 4.91. The van der Waals surface area contributed by atoms with Gasteiger partial charge in [0.05, 0.1) is 20.8 Å². The van der Waals surface area contributed by atoms with Crippen molar-refractivity contribution in [1.82, 2.24) is 4.90 Å². The lowest BCUT2D eigenvalue weighted by atomic mass is 10.1. The molecule has 2 aromatic carbocycles. The highest BCUT2D eigenvalue weighted by Crippen LogP contribution is 2.35. The fourth-order valence-electron chi connectivity index (χ4n) is 2.63. The quantitative estimate of drug-likeness (QED) is 0.670. The molecule has 2 aromatic rings. The fourth-order valence-corrected chi connectivity index (χ4v) is 3.18. The average Bonchev–Trinajstić information content (AvgIpc) is 2.60. The van der Waals surface area contributed by atoms with Crippen molar-refractivity contribution in [1.29, 1.82) is 0 Å². The van der Waals surface area contributed by atoms with Crippen molar-refractivity contribution in [3.05, 3.63) is 51.5 Å². The smallest absolute Gasteiger partial charge is 0.253 e.